The van der Waals surface area contributed by atoms with Gasteiger partial charge in [0.25, 0.3) is 0 Å². The van der Waals surface area contributed by atoms with Crippen molar-refractivity contribution in [3.63, 3.8) is 0 Å². The van der Waals surface area contributed by atoms with Crippen LogP contribution in [0.3, 0.4) is 0 Å². The number of methoxy groups -OCH3 is 1. The van der Waals surface area contributed by atoms with Gasteiger partial charge < -0.3 is 38.9 Å². The molecule has 0 aliphatic carbocycles. The van der Waals surface area contributed by atoms with Crippen LogP contribution in [0.25, 0.3) is 0 Å². The second kappa shape index (κ2) is 20.0. The van der Waals surface area contributed by atoms with Gasteiger partial charge >= 0.3 is 0 Å². The van der Waals surface area contributed by atoms with E-state index in [1.165, 1.54) is 5.56 Å². The van der Waals surface area contributed by atoms with E-state index in [9.17, 15) is 0 Å². The van der Waals surface area contributed by atoms with Crippen LogP contribution in [0.2, 0.25) is 0 Å². The lowest BCUT2D eigenvalue weighted by Crippen LogP contribution is -2.14. The first-order chi connectivity index (χ1) is 14.4. The molecule has 0 unspecified atom stereocenters. The summed E-state index contributed by atoms with van der Waals surface area (Å²) in [5, 5.41) is 0. The second-order valence-electron chi connectivity index (χ2n) is 6.09. The molecule has 0 radical (unpaired) electrons. The molecule has 0 aliphatic heterocycles. The van der Waals surface area contributed by atoms with E-state index in [1.807, 2.05) is 24.3 Å². The molecule has 0 saturated carbocycles. The Morgan fingerprint density at radius 3 is 1.41 bits per heavy atom. The van der Waals surface area contributed by atoms with E-state index in [0.29, 0.717) is 85.8 Å². The summed E-state index contributed by atoms with van der Waals surface area (Å²) in [4.78, 5) is 0. The molecule has 8 heteroatoms. The summed E-state index contributed by atoms with van der Waals surface area (Å²) >= 11 is 0. The Labute approximate surface area is 174 Å². The summed E-state index contributed by atoms with van der Waals surface area (Å²) in [6.07, 6.45) is 0.882. The van der Waals surface area contributed by atoms with Gasteiger partial charge in [0, 0.05) is 7.11 Å². The van der Waals surface area contributed by atoms with Gasteiger partial charge in [0.15, 0.2) is 0 Å². The topological polar surface area (TPSA) is 90.6 Å². The monoisotopic (exact) mass is 415 g/mol. The molecule has 0 aliphatic rings. The minimum Gasteiger partial charge on any atom is -0.491 e. The van der Waals surface area contributed by atoms with E-state index < -0.39 is 0 Å². The van der Waals surface area contributed by atoms with Gasteiger partial charge in [-0.05, 0) is 30.7 Å². The zero-order valence-electron chi connectivity index (χ0n) is 17.6. The molecule has 0 saturated heterocycles. The first kappa shape index (κ1) is 25.8. The molecule has 168 valence electrons. The highest BCUT2D eigenvalue weighted by molar-refractivity contribution is 5.27. The second-order valence-corrected chi connectivity index (χ2v) is 6.09. The molecule has 0 bridgehead atoms. The maximum absolute atomic E-state index is 5.62. The molecule has 0 fully saturated rings. The van der Waals surface area contributed by atoms with Gasteiger partial charge in [-0.1, -0.05) is 12.1 Å². The number of nitrogens with two attached hydrogens (primary N) is 1. The third-order valence-electron chi connectivity index (χ3n) is 3.77. The fourth-order valence-corrected chi connectivity index (χ4v) is 2.26. The standard InChI is InChI=1S/C21H37NO7/c1-23-8-9-24-10-11-25-12-13-26-14-15-27-16-17-28-18-19-29-21-4-2-20(3-5-21)6-7-22/h2-5H,6-19,22H2,1H3. The molecule has 1 aromatic rings. The molecule has 0 amide bonds. The molecular weight excluding hydrogens is 378 g/mol. The molecule has 1 rings (SSSR count). The lowest BCUT2D eigenvalue weighted by Gasteiger charge is -2.09. The summed E-state index contributed by atoms with van der Waals surface area (Å²) in [6, 6.07) is 7.97. The Morgan fingerprint density at radius 1 is 0.586 bits per heavy atom. The Kier molecular flexibility index (Phi) is 17.8. The first-order valence-corrected chi connectivity index (χ1v) is 10.2. The van der Waals surface area contributed by atoms with E-state index in [-0.39, 0.29) is 0 Å². The van der Waals surface area contributed by atoms with Gasteiger partial charge in [0.1, 0.15) is 12.4 Å². The molecule has 0 heterocycles. The fourth-order valence-electron chi connectivity index (χ4n) is 2.26. The summed E-state index contributed by atoms with van der Waals surface area (Å²) in [7, 11) is 1.65. The lowest BCUT2D eigenvalue weighted by atomic mass is 10.1. The van der Waals surface area contributed by atoms with Crippen LogP contribution in [0.4, 0.5) is 0 Å². The van der Waals surface area contributed by atoms with Crippen LogP contribution in [0.15, 0.2) is 24.3 Å². The number of hydrogen-bond acceptors (Lipinski definition) is 8. The van der Waals surface area contributed by atoms with Crippen LogP contribution in [-0.4, -0.2) is 92.9 Å². The predicted octanol–water partition coefficient (Wildman–Crippen LogP) is 1.30. The van der Waals surface area contributed by atoms with Crippen LogP contribution in [0, 0.1) is 0 Å². The van der Waals surface area contributed by atoms with Crippen molar-refractivity contribution in [1.82, 2.24) is 0 Å². The van der Waals surface area contributed by atoms with Crippen molar-refractivity contribution in [1.29, 1.82) is 0 Å². The van der Waals surface area contributed by atoms with Gasteiger partial charge in [-0.3, -0.25) is 0 Å². The van der Waals surface area contributed by atoms with E-state index in [2.05, 4.69) is 0 Å². The third-order valence-corrected chi connectivity index (χ3v) is 3.77. The summed E-state index contributed by atoms with van der Waals surface area (Å²) < 4.78 is 37.5. The van der Waals surface area contributed by atoms with Gasteiger partial charge in [-0.15, -0.1) is 0 Å². The average molecular weight is 416 g/mol. The largest absolute Gasteiger partial charge is 0.491 e. The van der Waals surface area contributed by atoms with Crippen molar-refractivity contribution < 1.29 is 33.2 Å². The smallest absolute Gasteiger partial charge is 0.119 e. The van der Waals surface area contributed by atoms with Crippen molar-refractivity contribution in [2.75, 3.05) is 92.9 Å². The van der Waals surface area contributed by atoms with Crippen molar-refractivity contribution in [2.45, 2.75) is 6.42 Å². The highest BCUT2D eigenvalue weighted by Gasteiger charge is 1.97. The number of benzene rings is 1. The van der Waals surface area contributed by atoms with E-state index >= 15 is 0 Å². The summed E-state index contributed by atoms with van der Waals surface area (Å²) in [5.74, 6) is 0.838. The molecule has 2 N–H and O–H groups in total. The molecule has 0 spiro atoms. The Bertz CT molecular complexity index is 459. The molecule has 0 atom stereocenters. The van der Waals surface area contributed by atoms with Gasteiger partial charge in [-0.2, -0.15) is 0 Å². The van der Waals surface area contributed by atoms with E-state index in [0.717, 1.165) is 12.2 Å². The molecular formula is C21H37NO7. The highest BCUT2D eigenvalue weighted by atomic mass is 16.6. The Morgan fingerprint density at radius 2 is 1.00 bits per heavy atom. The molecule has 29 heavy (non-hydrogen) atoms. The molecule has 8 nitrogen and oxygen atoms in total. The maximum Gasteiger partial charge on any atom is 0.119 e. The molecule has 0 aromatic heterocycles. The SMILES string of the molecule is COCCOCCOCCOCCOCCOCCOc1ccc(CCN)cc1. The minimum atomic E-state index is 0.511. The van der Waals surface area contributed by atoms with Gasteiger partial charge in [-0.25, -0.2) is 0 Å². The number of rotatable bonds is 21. The van der Waals surface area contributed by atoms with E-state index in [1.54, 1.807) is 7.11 Å². The normalized spacial score (nSPS) is 11.1. The maximum atomic E-state index is 5.62. The van der Waals surface area contributed by atoms with Crippen molar-refractivity contribution in [2.24, 2.45) is 5.73 Å². The van der Waals surface area contributed by atoms with Crippen molar-refractivity contribution >= 4 is 0 Å². The molecule has 1 aromatic carbocycles. The third kappa shape index (κ3) is 16.2. The van der Waals surface area contributed by atoms with Crippen LogP contribution >= 0.6 is 0 Å². The summed E-state index contributed by atoms with van der Waals surface area (Å²) in [6.45, 7) is 7.25. The quantitative estimate of drug-likeness (QED) is 0.301. The van der Waals surface area contributed by atoms with Crippen LogP contribution in [0.5, 0.6) is 5.75 Å². The van der Waals surface area contributed by atoms with Crippen LogP contribution < -0.4 is 10.5 Å². The number of hydrogen-bond donors (Lipinski definition) is 1. The Hall–Kier alpha value is -1.26. The van der Waals surface area contributed by atoms with Crippen LogP contribution in [0.1, 0.15) is 5.56 Å². The van der Waals surface area contributed by atoms with Crippen molar-refractivity contribution in [3.05, 3.63) is 29.8 Å². The zero-order valence-corrected chi connectivity index (χ0v) is 17.6. The number of ether oxygens (including phenoxy) is 7. The van der Waals surface area contributed by atoms with Gasteiger partial charge in [0.2, 0.25) is 0 Å². The lowest BCUT2D eigenvalue weighted by molar-refractivity contribution is -0.0159. The van der Waals surface area contributed by atoms with Gasteiger partial charge in [0.05, 0.1) is 72.7 Å². The fraction of sp³-hybridized carbons (Fsp3) is 0.714. The van der Waals surface area contributed by atoms with Crippen LogP contribution in [-0.2, 0) is 34.8 Å². The summed E-state index contributed by atoms with van der Waals surface area (Å²) in [5.41, 5.74) is 6.75. The average Bonchev–Trinajstić information content (AvgIpc) is 2.74. The minimum absolute atomic E-state index is 0.511. The predicted molar refractivity (Wildman–Crippen MR) is 111 cm³/mol. The zero-order chi connectivity index (χ0) is 20.8. The Balaban J connectivity index is 1.76. The first-order valence-electron chi connectivity index (χ1n) is 10.2. The van der Waals surface area contributed by atoms with Crippen molar-refractivity contribution in [3.8, 4) is 5.75 Å². The highest BCUT2D eigenvalue weighted by Crippen LogP contribution is 2.12. The van der Waals surface area contributed by atoms with E-state index in [4.69, 9.17) is 38.9 Å².